The average Bonchev–Trinajstić information content (AvgIpc) is 2.05. The van der Waals surface area contributed by atoms with Crippen LogP contribution in [0.25, 0.3) is 0 Å². The van der Waals surface area contributed by atoms with Crippen LogP contribution in [0.15, 0.2) is 24.3 Å². The van der Waals surface area contributed by atoms with Crippen LogP contribution >= 0.6 is 11.6 Å². The van der Waals surface area contributed by atoms with Gasteiger partial charge in [-0.25, -0.2) is 0 Å². The van der Waals surface area contributed by atoms with Gasteiger partial charge in [-0.1, -0.05) is 23.7 Å². The molecule has 0 fully saturated rings. The molecule has 1 rings (SSSR count). The molecule has 0 heterocycles. The van der Waals surface area contributed by atoms with Crippen molar-refractivity contribution in [2.45, 2.75) is 25.8 Å². The van der Waals surface area contributed by atoms with E-state index in [2.05, 4.69) is 5.32 Å². The Hall–Kier alpha value is -1.06. The Morgan fingerprint density at radius 3 is 2.60 bits per heavy atom. The van der Waals surface area contributed by atoms with Crippen LogP contribution in [0, 0.1) is 0 Å². The smallest absolute Gasteiger partial charge is 0.226 e. The number of amides is 1. The van der Waals surface area contributed by atoms with Gasteiger partial charge in [-0.3, -0.25) is 4.79 Å². The van der Waals surface area contributed by atoms with Crippen molar-refractivity contribution in [2.24, 2.45) is 5.73 Å². The summed E-state index contributed by atoms with van der Waals surface area (Å²) in [5, 5.41) is 3.24. The molecule has 0 unspecified atom stereocenters. The first-order valence-corrected chi connectivity index (χ1v) is 5.09. The second-order valence-corrected chi connectivity index (χ2v) is 4.60. The summed E-state index contributed by atoms with van der Waals surface area (Å²) < 4.78 is 0. The molecule has 0 bridgehead atoms. The fraction of sp³-hybridized carbons (Fsp3) is 0.364. The highest BCUT2D eigenvalue weighted by Crippen LogP contribution is 2.21. The fourth-order valence-corrected chi connectivity index (χ4v) is 1.35. The summed E-state index contributed by atoms with van der Waals surface area (Å²) in [6, 6.07) is 7.11. The number of hydrogen-bond donors (Lipinski definition) is 2. The van der Waals surface area contributed by atoms with Crippen molar-refractivity contribution in [3.8, 4) is 0 Å². The molecule has 3 N–H and O–H groups in total. The van der Waals surface area contributed by atoms with Crippen molar-refractivity contribution in [1.29, 1.82) is 0 Å². The number of carbonyl (C=O) groups excluding carboxylic acids is 1. The maximum absolute atomic E-state index is 11.5. The Labute approximate surface area is 94.6 Å². The molecule has 0 radical (unpaired) electrons. The summed E-state index contributed by atoms with van der Waals surface area (Å²) in [5.41, 5.74) is 5.84. The summed E-state index contributed by atoms with van der Waals surface area (Å²) in [4.78, 5) is 11.5. The van der Waals surface area contributed by atoms with Gasteiger partial charge in [-0.05, 0) is 26.0 Å². The van der Waals surface area contributed by atoms with Crippen LogP contribution in [0.5, 0.6) is 0 Å². The summed E-state index contributed by atoms with van der Waals surface area (Å²) in [5.74, 6) is -0.129. The zero-order valence-electron chi connectivity index (χ0n) is 8.88. The summed E-state index contributed by atoms with van der Waals surface area (Å²) in [6.45, 7) is 3.61. The quantitative estimate of drug-likeness (QED) is 0.832. The van der Waals surface area contributed by atoms with E-state index in [1.54, 1.807) is 26.0 Å². The first-order valence-electron chi connectivity index (χ1n) is 4.72. The highest BCUT2D eigenvalue weighted by molar-refractivity contribution is 6.33. The van der Waals surface area contributed by atoms with E-state index >= 15 is 0 Å². The van der Waals surface area contributed by atoms with Crippen molar-refractivity contribution < 1.29 is 4.79 Å². The molecular weight excluding hydrogens is 212 g/mol. The van der Waals surface area contributed by atoms with Crippen molar-refractivity contribution in [1.82, 2.24) is 0 Å². The molecule has 0 aromatic heterocycles. The number of halogens is 1. The second-order valence-electron chi connectivity index (χ2n) is 4.19. The number of nitrogens with two attached hydrogens (primary N) is 1. The Kier molecular flexibility index (Phi) is 3.72. The second kappa shape index (κ2) is 4.64. The van der Waals surface area contributed by atoms with Crippen molar-refractivity contribution in [2.75, 3.05) is 5.32 Å². The Morgan fingerprint density at radius 1 is 1.47 bits per heavy atom. The normalized spacial score (nSPS) is 11.2. The minimum absolute atomic E-state index is 0.129. The Balaban J connectivity index is 2.64. The number of para-hydroxylation sites is 1. The van der Waals surface area contributed by atoms with Gasteiger partial charge in [-0.15, -0.1) is 0 Å². The van der Waals surface area contributed by atoms with Gasteiger partial charge in [0.25, 0.3) is 0 Å². The average molecular weight is 227 g/mol. The minimum Gasteiger partial charge on any atom is -0.325 e. The number of benzene rings is 1. The molecule has 15 heavy (non-hydrogen) atoms. The first kappa shape index (κ1) is 12.0. The molecular formula is C11H15ClN2O. The third-order valence-electron chi connectivity index (χ3n) is 1.76. The molecule has 1 aromatic rings. The zero-order chi connectivity index (χ0) is 11.5. The van der Waals surface area contributed by atoms with Crippen LogP contribution in [0.4, 0.5) is 5.69 Å². The van der Waals surface area contributed by atoms with E-state index in [1.165, 1.54) is 0 Å². The minimum atomic E-state index is -0.509. The summed E-state index contributed by atoms with van der Waals surface area (Å²) in [7, 11) is 0. The Bertz CT molecular complexity index is 358. The molecule has 0 spiro atoms. The van der Waals surface area contributed by atoms with Crippen molar-refractivity contribution in [3.63, 3.8) is 0 Å². The van der Waals surface area contributed by atoms with E-state index in [9.17, 15) is 4.79 Å². The highest BCUT2D eigenvalue weighted by atomic mass is 35.5. The third-order valence-corrected chi connectivity index (χ3v) is 2.09. The van der Waals surface area contributed by atoms with Gasteiger partial charge in [0.15, 0.2) is 0 Å². The lowest BCUT2D eigenvalue weighted by molar-refractivity contribution is -0.117. The Morgan fingerprint density at radius 2 is 2.07 bits per heavy atom. The number of nitrogens with one attached hydrogen (secondary N) is 1. The molecule has 0 saturated heterocycles. The van der Waals surface area contributed by atoms with Gasteiger partial charge in [-0.2, -0.15) is 0 Å². The summed E-state index contributed by atoms with van der Waals surface area (Å²) >= 11 is 5.89. The number of rotatable bonds is 3. The summed E-state index contributed by atoms with van der Waals surface area (Å²) in [6.07, 6.45) is 0.262. The molecule has 1 aromatic carbocycles. The number of anilines is 1. The van der Waals surface area contributed by atoms with Crippen LogP contribution in [-0.4, -0.2) is 11.4 Å². The first-order chi connectivity index (χ1) is 6.88. The van der Waals surface area contributed by atoms with E-state index in [1.807, 2.05) is 12.1 Å². The van der Waals surface area contributed by atoms with Gasteiger partial charge < -0.3 is 11.1 Å². The highest BCUT2D eigenvalue weighted by Gasteiger charge is 2.16. The van der Waals surface area contributed by atoms with Crippen LogP contribution in [0.3, 0.4) is 0 Å². The zero-order valence-corrected chi connectivity index (χ0v) is 9.64. The monoisotopic (exact) mass is 226 g/mol. The number of hydrogen-bond acceptors (Lipinski definition) is 2. The number of carbonyl (C=O) groups is 1. The lowest BCUT2D eigenvalue weighted by atomic mass is 10.0. The van der Waals surface area contributed by atoms with Crippen molar-refractivity contribution in [3.05, 3.63) is 29.3 Å². The van der Waals surface area contributed by atoms with E-state index in [-0.39, 0.29) is 12.3 Å². The van der Waals surface area contributed by atoms with Crippen LogP contribution in [0.2, 0.25) is 5.02 Å². The van der Waals surface area contributed by atoms with E-state index in [0.29, 0.717) is 10.7 Å². The predicted molar refractivity (Wildman–Crippen MR) is 63.0 cm³/mol. The van der Waals surface area contributed by atoms with Crippen LogP contribution < -0.4 is 11.1 Å². The van der Waals surface area contributed by atoms with Crippen LogP contribution in [0.1, 0.15) is 20.3 Å². The molecule has 3 nitrogen and oxygen atoms in total. The molecule has 82 valence electrons. The molecule has 0 aliphatic carbocycles. The van der Waals surface area contributed by atoms with Gasteiger partial charge >= 0.3 is 0 Å². The maximum Gasteiger partial charge on any atom is 0.226 e. The molecule has 4 heteroatoms. The van der Waals surface area contributed by atoms with Gasteiger partial charge in [0.05, 0.1) is 10.7 Å². The molecule has 0 atom stereocenters. The third kappa shape index (κ3) is 4.32. The molecule has 0 aliphatic heterocycles. The predicted octanol–water partition coefficient (Wildman–Crippen LogP) is 2.41. The standard InChI is InChI=1S/C11H15ClN2O/c1-11(2,13)7-10(15)14-9-6-4-3-5-8(9)12/h3-6H,7,13H2,1-2H3,(H,14,15). The topological polar surface area (TPSA) is 55.1 Å². The van der Waals surface area contributed by atoms with Gasteiger partial charge in [0.1, 0.15) is 0 Å². The van der Waals surface area contributed by atoms with Gasteiger partial charge in [0.2, 0.25) is 5.91 Å². The lowest BCUT2D eigenvalue weighted by Crippen LogP contribution is -2.36. The lowest BCUT2D eigenvalue weighted by Gasteiger charge is -2.17. The van der Waals surface area contributed by atoms with E-state index < -0.39 is 5.54 Å². The van der Waals surface area contributed by atoms with Crippen molar-refractivity contribution >= 4 is 23.2 Å². The van der Waals surface area contributed by atoms with Crippen LogP contribution in [-0.2, 0) is 4.79 Å². The van der Waals surface area contributed by atoms with E-state index in [4.69, 9.17) is 17.3 Å². The maximum atomic E-state index is 11.5. The molecule has 1 amide bonds. The van der Waals surface area contributed by atoms with E-state index in [0.717, 1.165) is 0 Å². The largest absolute Gasteiger partial charge is 0.325 e. The SMILES string of the molecule is CC(C)(N)CC(=O)Nc1ccccc1Cl. The molecule has 0 saturated carbocycles. The molecule has 0 aliphatic rings. The van der Waals surface area contributed by atoms with Gasteiger partial charge in [0, 0.05) is 12.0 Å². The fourth-order valence-electron chi connectivity index (χ4n) is 1.17.